The second kappa shape index (κ2) is 8.34. The van der Waals surface area contributed by atoms with Crippen LogP contribution in [0, 0.1) is 0 Å². The summed E-state index contributed by atoms with van der Waals surface area (Å²) in [5.41, 5.74) is 0.462. The fourth-order valence-electron chi connectivity index (χ4n) is 3.04. The second-order valence-electron chi connectivity index (χ2n) is 6.32. The van der Waals surface area contributed by atoms with E-state index in [4.69, 9.17) is 0 Å². The average Bonchev–Trinajstić information content (AvgIpc) is 2.61. The topological polar surface area (TPSA) is 98.8 Å². The van der Waals surface area contributed by atoms with Gasteiger partial charge in [0, 0.05) is 44.3 Å². The lowest BCUT2D eigenvalue weighted by molar-refractivity contribution is -0.122. The predicted molar refractivity (Wildman–Crippen MR) is 98.8 cm³/mol. The molecule has 2 saturated heterocycles. The summed E-state index contributed by atoms with van der Waals surface area (Å²) in [6.07, 6.45) is 0. The summed E-state index contributed by atoms with van der Waals surface area (Å²) in [7, 11) is -3.73. The van der Waals surface area contributed by atoms with Crippen LogP contribution in [-0.2, 0) is 14.8 Å². The highest BCUT2D eigenvalue weighted by Crippen LogP contribution is 2.18. The molecule has 0 bridgehead atoms. The number of benzene rings is 1. The first-order valence-corrected chi connectivity index (χ1v) is 9.71. The Balaban J connectivity index is 0.00000243. The maximum atomic E-state index is 12.6. The first kappa shape index (κ1) is 20.6. The van der Waals surface area contributed by atoms with Gasteiger partial charge in [-0.05, 0) is 31.2 Å². The number of sulfonamides is 1. The van der Waals surface area contributed by atoms with Crippen molar-refractivity contribution in [1.29, 1.82) is 0 Å². The van der Waals surface area contributed by atoms with Crippen LogP contribution in [0.2, 0.25) is 0 Å². The van der Waals surface area contributed by atoms with Gasteiger partial charge in [0.2, 0.25) is 15.9 Å². The fourth-order valence-corrected chi connectivity index (χ4v) is 4.44. The molecule has 3 rings (SSSR count). The van der Waals surface area contributed by atoms with E-state index in [-0.39, 0.29) is 48.2 Å². The number of carbonyl (C=O) groups excluding carboxylic acids is 2. The van der Waals surface area contributed by atoms with E-state index in [0.29, 0.717) is 25.2 Å². The molecule has 1 unspecified atom stereocenters. The van der Waals surface area contributed by atoms with E-state index >= 15 is 0 Å². The van der Waals surface area contributed by atoms with E-state index in [0.717, 1.165) is 10.8 Å². The van der Waals surface area contributed by atoms with Gasteiger partial charge in [0.1, 0.15) is 0 Å². The third-order valence-electron chi connectivity index (χ3n) is 4.40. The number of nitrogens with one attached hydrogen (secondary N) is 2. The average molecular weight is 403 g/mol. The number of hydrogen-bond acceptors (Lipinski definition) is 5. The predicted octanol–water partition coefficient (Wildman–Crippen LogP) is -0.337. The molecule has 10 heteroatoms. The lowest BCUT2D eigenvalue weighted by Crippen LogP contribution is -2.51. The molecule has 2 heterocycles. The molecule has 0 spiro atoms. The summed E-state index contributed by atoms with van der Waals surface area (Å²) >= 11 is 0. The van der Waals surface area contributed by atoms with Gasteiger partial charge in [0.25, 0.3) is 5.91 Å². The Kier molecular flexibility index (Phi) is 6.62. The van der Waals surface area contributed by atoms with Crippen LogP contribution in [0.15, 0.2) is 29.2 Å². The van der Waals surface area contributed by atoms with E-state index in [1.165, 1.54) is 24.3 Å². The number of nitrogens with zero attached hydrogens (tertiary/aromatic N) is 2. The van der Waals surface area contributed by atoms with Gasteiger partial charge in [-0.3, -0.25) is 9.59 Å². The number of hydrogen-bond donors (Lipinski definition) is 2. The van der Waals surface area contributed by atoms with Crippen LogP contribution in [0.4, 0.5) is 0 Å². The van der Waals surface area contributed by atoms with Gasteiger partial charge in [-0.2, -0.15) is 4.31 Å². The number of rotatable bonds is 3. The van der Waals surface area contributed by atoms with Crippen molar-refractivity contribution >= 4 is 34.2 Å². The van der Waals surface area contributed by atoms with Crippen molar-refractivity contribution in [2.45, 2.75) is 17.9 Å². The number of amides is 2. The summed E-state index contributed by atoms with van der Waals surface area (Å²) in [6.45, 7) is 4.39. The zero-order valence-electron chi connectivity index (χ0n) is 14.5. The standard InChI is InChI=1S/C16H22N4O4S.ClH/c1-12-10-19(8-6-17-12)16(22)13-2-4-14(5-3-13)25(23,24)20-9-7-18-15(21)11-20;/h2-5,12,17H,6-11H2,1H3,(H,18,21);1H. The molecule has 8 nitrogen and oxygen atoms in total. The number of halogens is 1. The summed E-state index contributed by atoms with van der Waals surface area (Å²) in [4.78, 5) is 25.8. The van der Waals surface area contributed by atoms with Gasteiger partial charge >= 0.3 is 0 Å². The molecule has 2 fully saturated rings. The monoisotopic (exact) mass is 402 g/mol. The van der Waals surface area contributed by atoms with Gasteiger partial charge in [-0.15, -0.1) is 12.4 Å². The Morgan fingerprint density at radius 3 is 2.46 bits per heavy atom. The van der Waals surface area contributed by atoms with Crippen molar-refractivity contribution in [3.05, 3.63) is 29.8 Å². The summed E-state index contributed by atoms with van der Waals surface area (Å²) in [6, 6.07) is 6.17. The third-order valence-corrected chi connectivity index (χ3v) is 6.26. The van der Waals surface area contributed by atoms with E-state index < -0.39 is 10.0 Å². The molecule has 2 aliphatic rings. The van der Waals surface area contributed by atoms with Crippen molar-refractivity contribution < 1.29 is 18.0 Å². The fraction of sp³-hybridized carbons (Fsp3) is 0.500. The van der Waals surface area contributed by atoms with Gasteiger partial charge < -0.3 is 15.5 Å². The molecule has 1 aromatic rings. The molecule has 0 saturated carbocycles. The van der Waals surface area contributed by atoms with Crippen LogP contribution in [-0.4, -0.2) is 74.7 Å². The van der Waals surface area contributed by atoms with Crippen LogP contribution >= 0.6 is 12.4 Å². The molecule has 0 aliphatic carbocycles. The first-order chi connectivity index (χ1) is 11.9. The van der Waals surface area contributed by atoms with Gasteiger partial charge in [0.15, 0.2) is 0 Å². The second-order valence-corrected chi connectivity index (χ2v) is 8.26. The van der Waals surface area contributed by atoms with E-state index in [1.807, 2.05) is 6.92 Å². The lowest BCUT2D eigenvalue weighted by Gasteiger charge is -2.32. The molecule has 0 aromatic heterocycles. The smallest absolute Gasteiger partial charge is 0.253 e. The Morgan fingerprint density at radius 2 is 1.85 bits per heavy atom. The lowest BCUT2D eigenvalue weighted by atomic mass is 10.1. The maximum absolute atomic E-state index is 12.6. The maximum Gasteiger partial charge on any atom is 0.253 e. The SMILES string of the molecule is CC1CN(C(=O)c2ccc(S(=O)(=O)N3CCNC(=O)C3)cc2)CCN1.Cl. The molecular formula is C16H23ClN4O4S. The minimum absolute atomic E-state index is 0. The Hall–Kier alpha value is -1.68. The first-order valence-electron chi connectivity index (χ1n) is 8.27. The molecule has 1 atom stereocenters. The molecular weight excluding hydrogens is 380 g/mol. The molecule has 26 heavy (non-hydrogen) atoms. The zero-order valence-corrected chi connectivity index (χ0v) is 16.1. The quantitative estimate of drug-likeness (QED) is 0.720. The third kappa shape index (κ3) is 4.35. The van der Waals surface area contributed by atoms with Gasteiger partial charge in [-0.1, -0.05) is 0 Å². The molecule has 1 aromatic carbocycles. The van der Waals surface area contributed by atoms with Crippen LogP contribution in [0.1, 0.15) is 17.3 Å². The van der Waals surface area contributed by atoms with Crippen LogP contribution in [0.5, 0.6) is 0 Å². The van der Waals surface area contributed by atoms with Gasteiger partial charge in [-0.25, -0.2) is 8.42 Å². The van der Waals surface area contributed by atoms with Crippen molar-refractivity contribution in [3.63, 3.8) is 0 Å². The summed E-state index contributed by atoms with van der Waals surface area (Å²) in [5, 5.41) is 5.88. The minimum atomic E-state index is -3.73. The highest BCUT2D eigenvalue weighted by atomic mass is 35.5. The van der Waals surface area contributed by atoms with Crippen LogP contribution < -0.4 is 10.6 Å². The highest BCUT2D eigenvalue weighted by Gasteiger charge is 2.29. The van der Waals surface area contributed by atoms with E-state index in [2.05, 4.69) is 10.6 Å². The van der Waals surface area contributed by atoms with Crippen LogP contribution in [0.3, 0.4) is 0 Å². The number of carbonyl (C=O) groups is 2. The highest BCUT2D eigenvalue weighted by molar-refractivity contribution is 7.89. The Bertz CT molecular complexity index is 769. The zero-order chi connectivity index (χ0) is 18.0. The molecule has 2 amide bonds. The summed E-state index contributed by atoms with van der Waals surface area (Å²) < 4.78 is 26.4. The number of piperazine rings is 2. The minimum Gasteiger partial charge on any atom is -0.354 e. The molecule has 2 N–H and O–H groups in total. The van der Waals surface area contributed by atoms with Gasteiger partial charge in [0.05, 0.1) is 11.4 Å². The largest absolute Gasteiger partial charge is 0.354 e. The van der Waals surface area contributed by atoms with Crippen molar-refractivity contribution in [1.82, 2.24) is 19.8 Å². The van der Waals surface area contributed by atoms with Crippen molar-refractivity contribution in [2.75, 3.05) is 39.3 Å². The normalized spacial score (nSPS) is 21.7. The van der Waals surface area contributed by atoms with Crippen molar-refractivity contribution in [2.24, 2.45) is 0 Å². The molecule has 144 valence electrons. The van der Waals surface area contributed by atoms with E-state index in [1.54, 1.807) is 4.90 Å². The molecule has 0 radical (unpaired) electrons. The Labute approximate surface area is 159 Å². The summed E-state index contributed by atoms with van der Waals surface area (Å²) in [5.74, 6) is -0.413. The Morgan fingerprint density at radius 1 is 1.15 bits per heavy atom. The van der Waals surface area contributed by atoms with Crippen molar-refractivity contribution in [3.8, 4) is 0 Å². The van der Waals surface area contributed by atoms with E-state index in [9.17, 15) is 18.0 Å². The molecule has 2 aliphatic heterocycles. The van der Waals surface area contributed by atoms with Crippen LogP contribution in [0.25, 0.3) is 0 Å².